The summed E-state index contributed by atoms with van der Waals surface area (Å²) in [7, 11) is 0. The number of Topliss-reactive ketones (excluding diaryl/α,β-unsaturated/α-hetero) is 1. The molecule has 0 bridgehead atoms. The molecule has 0 aliphatic rings. The predicted molar refractivity (Wildman–Crippen MR) is 47.7 cm³/mol. The number of ketones is 1. The molecule has 0 aromatic heterocycles. The molecule has 0 fully saturated rings. The summed E-state index contributed by atoms with van der Waals surface area (Å²) in [6.45, 7) is 9.61. The molecule has 0 aromatic carbocycles. The Morgan fingerprint density at radius 3 is 2.27 bits per heavy atom. The summed E-state index contributed by atoms with van der Waals surface area (Å²) in [6, 6.07) is 0.531. The SMILES string of the molecule is CCC(C)N(CC)CC(C)=O. The van der Waals surface area contributed by atoms with E-state index in [0.717, 1.165) is 13.0 Å². The third-order valence-electron chi connectivity index (χ3n) is 2.05. The van der Waals surface area contributed by atoms with Crippen molar-refractivity contribution in [3.05, 3.63) is 0 Å². The molecule has 2 nitrogen and oxygen atoms in total. The molecular formula is C9H19NO. The van der Waals surface area contributed by atoms with Gasteiger partial charge in [0.25, 0.3) is 0 Å². The Morgan fingerprint density at radius 2 is 2.00 bits per heavy atom. The molecule has 0 aliphatic carbocycles. The number of carbonyl (C=O) groups excluding carboxylic acids is 1. The fourth-order valence-corrected chi connectivity index (χ4v) is 1.12. The molecular weight excluding hydrogens is 138 g/mol. The van der Waals surface area contributed by atoms with Crippen molar-refractivity contribution >= 4 is 5.78 Å². The Kier molecular flexibility index (Phi) is 5.12. The summed E-state index contributed by atoms with van der Waals surface area (Å²) in [4.78, 5) is 13.0. The lowest BCUT2D eigenvalue weighted by Crippen LogP contribution is -2.36. The first-order valence-electron chi connectivity index (χ1n) is 4.35. The normalized spacial score (nSPS) is 13.5. The number of carbonyl (C=O) groups is 1. The number of likely N-dealkylation sites (N-methyl/N-ethyl adjacent to an activating group) is 1. The Balaban J connectivity index is 3.84. The van der Waals surface area contributed by atoms with E-state index in [1.54, 1.807) is 6.92 Å². The molecule has 66 valence electrons. The molecule has 1 unspecified atom stereocenters. The first kappa shape index (κ1) is 10.6. The summed E-state index contributed by atoms with van der Waals surface area (Å²) in [5, 5.41) is 0. The lowest BCUT2D eigenvalue weighted by Gasteiger charge is -2.25. The third kappa shape index (κ3) is 4.14. The summed E-state index contributed by atoms with van der Waals surface area (Å²) >= 11 is 0. The van der Waals surface area contributed by atoms with Crippen LogP contribution in [-0.2, 0) is 4.79 Å². The highest BCUT2D eigenvalue weighted by atomic mass is 16.1. The van der Waals surface area contributed by atoms with E-state index in [0.29, 0.717) is 12.6 Å². The largest absolute Gasteiger partial charge is 0.299 e. The first-order valence-corrected chi connectivity index (χ1v) is 4.35. The van der Waals surface area contributed by atoms with Gasteiger partial charge in [-0.25, -0.2) is 0 Å². The van der Waals surface area contributed by atoms with Gasteiger partial charge in [-0.05, 0) is 26.8 Å². The van der Waals surface area contributed by atoms with Gasteiger partial charge in [0.05, 0.1) is 6.54 Å². The average Bonchev–Trinajstić information content (AvgIpc) is 1.98. The van der Waals surface area contributed by atoms with Gasteiger partial charge < -0.3 is 0 Å². The van der Waals surface area contributed by atoms with E-state index >= 15 is 0 Å². The quantitative estimate of drug-likeness (QED) is 0.605. The molecule has 0 rings (SSSR count). The highest BCUT2D eigenvalue weighted by molar-refractivity contribution is 5.77. The summed E-state index contributed by atoms with van der Waals surface area (Å²) in [6.07, 6.45) is 1.11. The van der Waals surface area contributed by atoms with Crippen LogP contribution in [0.4, 0.5) is 0 Å². The molecule has 0 saturated carbocycles. The molecule has 0 radical (unpaired) electrons. The van der Waals surface area contributed by atoms with Crippen molar-refractivity contribution in [3.8, 4) is 0 Å². The molecule has 2 heteroatoms. The van der Waals surface area contributed by atoms with Crippen LogP contribution in [0.25, 0.3) is 0 Å². The molecule has 0 aromatic rings. The zero-order chi connectivity index (χ0) is 8.85. The lowest BCUT2D eigenvalue weighted by molar-refractivity contribution is -0.118. The van der Waals surface area contributed by atoms with Crippen molar-refractivity contribution < 1.29 is 4.79 Å². The van der Waals surface area contributed by atoms with Crippen LogP contribution in [0, 0.1) is 0 Å². The maximum Gasteiger partial charge on any atom is 0.143 e. The molecule has 0 N–H and O–H groups in total. The molecule has 0 heterocycles. The van der Waals surface area contributed by atoms with Crippen molar-refractivity contribution in [2.45, 2.75) is 40.2 Å². The van der Waals surface area contributed by atoms with Gasteiger partial charge in [-0.15, -0.1) is 0 Å². The number of hydrogen-bond donors (Lipinski definition) is 0. The first-order chi connectivity index (χ1) is 5.11. The zero-order valence-corrected chi connectivity index (χ0v) is 8.05. The van der Waals surface area contributed by atoms with Gasteiger partial charge in [-0.3, -0.25) is 9.69 Å². The number of nitrogens with zero attached hydrogens (tertiary/aromatic N) is 1. The fourth-order valence-electron chi connectivity index (χ4n) is 1.12. The van der Waals surface area contributed by atoms with Crippen LogP contribution in [0.2, 0.25) is 0 Å². The molecule has 0 saturated heterocycles. The minimum atomic E-state index is 0.257. The fraction of sp³-hybridized carbons (Fsp3) is 0.889. The Labute approximate surface area is 69.6 Å². The molecule has 0 spiro atoms. The third-order valence-corrected chi connectivity index (χ3v) is 2.05. The van der Waals surface area contributed by atoms with Crippen molar-refractivity contribution in [1.82, 2.24) is 4.90 Å². The minimum absolute atomic E-state index is 0.257. The van der Waals surface area contributed by atoms with Crippen LogP contribution in [-0.4, -0.2) is 29.8 Å². The van der Waals surface area contributed by atoms with Gasteiger partial charge in [-0.1, -0.05) is 13.8 Å². The van der Waals surface area contributed by atoms with Gasteiger partial charge >= 0.3 is 0 Å². The van der Waals surface area contributed by atoms with Gasteiger partial charge in [0.2, 0.25) is 0 Å². The second-order valence-electron chi connectivity index (χ2n) is 3.02. The van der Waals surface area contributed by atoms with E-state index in [4.69, 9.17) is 0 Å². The standard InChI is InChI=1S/C9H19NO/c1-5-8(3)10(6-2)7-9(4)11/h8H,5-7H2,1-4H3. The van der Waals surface area contributed by atoms with E-state index in [1.165, 1.54) is 0 Å². The van der Waals surface area contributed by atoms with Crippen molar-refractivity contribution in [1.29, 1.82) is 0 Å². The summed E-state index contributed by atoms with van der Waals surface area (Å²) in [5.74, 6) is 0.257. The Hall–Kier alpha value is -0.370. The van der Waals surface area contributed by atoms with Crippen LogP contribution in [0.5, 0.6) is 0 Å². The van der Waals surface area contributed by atoms with Gasteiger partial charge in [0.15, 0.2) is 0 Å². The second kappa shape index (κ2) is 5.30. The zero-order valence-electron chi connectivity index (χ0n) is 8.05. The van der Waals surface area contributed by atoms with Crippen LogP contribution in [0.3, 0.4) is 0 Å². The van der Waals surface area contributed by atoms with Crippen LogP contribution in [0.1, 0.15) is 34.1 Å². The molecule has 0 amide bonds. The van der Waals surface area contributed by atoms with E-state index in [-0.39, 0.29) is 5.78 Å². The average molecular weight is 157 g/mol. The highest BCUT2D eigenvalue weighted by Gasteiger charge is 2.10. The van der Waals surface area contributed by atoms with E-state index in [9.17, 15) is 4.79 Å². The second-order valence-corrected chi connectivity index (χ2v) is 3.02. The number of rotatable bonds is 5. The molecule has 0 aliphatic heterocycles. The smallest absolute Gasteiger partial charge is 0.143 e. The van der Waals surface area contributed by atoms with E-state index in [2.05, 4.69) is 25.7 Å². The monoisotopic (exact) mass is 157 g/mol. The lowest BCUT2D eigenvalue weighted by atomic mass is 10.2. The molecule has 1 atom stereocenters. The molecule has 11 heavy (non-hydrogen) atoms. The topological polar surface area (TPSA) is 20.3 Å². The van der Waals surface area contributed by atoms with Crippen LogP contribution < -0.4 is 0 Å². The van der Waals surface area contributed by atoms with Gasteiger partial charge in [0.1, 0.15) is 5.78 Å². The highest BCUT2D eigenvalue weighted by Crippen LogP contribution is 2.01. The Bertz CT molecular complexity index is 123. The number of hydrogen-bond acceptors (Lipinski definition) is 2. The van der Waals surface area contributed by atoms with Crippen molar-refractivity contribution in [2.24, 2.45) is 0 Å². The predicted octanol–water partition coefficient (Wildman–Crippen LogP) is 1.70. The maximum absolute atomic E-state index is 10.8. The van der Waals surface area contributed by atoms with Gasteiger partial charge in [0, 0.05) is 6.04 Å². The van der Waals surface area contributed by atoms with Crippen molar-refractivity contribution in [2.75, 3.05) is 13.1 Å². The Morgan fingerprint density at radius 1 is 1.45 bits per heavy atom. The van der Waals surface area contributed by atoms with Crippen LogP contribution in [0.15, 0.2) is 0 Å². The summed E-state index contributed by atoms with van der Waals surface area (Å²) < 4.78 is 0. The van der Waals surface area contributed by atoms with E-state index in [1.807, 2.05) is 0 Å². The van der Waals surface area contributed by atoms with Crippen LogP contribution >= 0.6 is 0 Å². The maximum atomic E-state index is 10.8. The minimum Gasteiger partial charge on any atom is -0.299 e. The summed E-state index contributed by atoms with van der Waals surface area (Å²) in [5.41, 5.74) is 0. The van der Waals surface area contributed by atoms with Crippen molar-refractivity contribution in [3.63, 3.8) is 0 Å². The van der Waals surface area contributed by atoms with E-state index < -0.39 is 0 Å². The van der Waals surface area contributed by atoms with Gasteiger partial charge in [-0.2, -0.15) is 0 Å².